The van der Waals surface area contributed by atoms with Gasteiger partial charge >= 0.3 is 0 Å². The number of aryl methyl sites for hydroxylation is 1. The number of rotatable bonds is 5. The van der Waals surface area contributed by atoms with Crippen LogP contribution in [0.5, 0.6) is 0 Å². The Morgan fingerprint density at radius 3 is 2.57 bits per heavy atom. The van der Waals surface area contributed by atoms with Gasteiger partial charge in [0.25, 0.3) is 5.91 Å². The molecule has 2 aliphatic rings. The third-order valence-electron chi connectivity index (χ3n) is 5.38. The van der Waals surface area contributed by atoms with E-state index < -0.39 is 0 Å². The van der Waals surface area contributed by atoms with Gasteiger partial charge in [0.15, 0.2) is 0 Å². The summed E-state index contributed by atoms with van der Waals surface area (Å²) < 4.78 is 1.78. The number of piperidine rings is 1. The van der Waals surface area contributed by atoms with Crippen molar-refractivity contribution in [2.45, 2.75) is 45.3 Å². The molecule has 6 heteroatoms. The fourth-order valence-corrected chi connectivity index (χ4v) is 3.90. The average Bonchev–Trinajstić information content (AvgIpc) is 2.99. The van der Waals surface area contributed by atoms with Crippen LogP contribution in [0.1, 0.15) is 37.2 Å². The molecule has 0 saturated carbocycles. The van der Waals surface area contributed by atoms with Crippen LogP contribution in [0.25, 0.3) is 0 Å². The lowest BCUT2D eigenvalue weighted by atomic mass is 9.98. The maximum absolute atomic E-state index is 12.6. The van der Waals surface area contributed by atoms with E-state index in [0.29, 0.717) is 17.8 Å². The van der Waals surface area contributed by atoms with E-state index in [0.717, 1.165) is 26.2 Å². The summed E-state index contributed by atoms with van der Waals surface area (Å²) in [4.78, 5) is 19.6. The molecule has 1 aromatic heterocycles. The third-order valence-corrected chi connectivity index (χ3v) is 5.38. The zero-order chi connectivity index (χ0) is 16.4. The lowest BCUT2D eigenvalue weighted by Crippen LogP contribution is -2.64. The molecule has 0 atom stereocenters. The van der Waals surface area contributed by atoms with Gasteiger partial charge in [0.1, 0.15) is 5.69 Å². The SMILES string of the molecule is CCN(C1CCN(C)CC1)C1CN(C(=O)c2ccnn2CC)C1. The van der Waals surface area contributed by atoms with Crippen LogP contribution in [-0.2, 0) is 6.54 Å². The van der Waals surface area contributed by atoms with E-state index in [-0.39, 0.29) is 5.91 Å². The number of carbonyl (C=O) groups excluding carboxylic acids is 1. The second-order valence-corrected chi connectivity index (χ2v) is 6.76. The van der Waals surface area contributed by atoms with E-state index in [2.05, 4.69) is 28.9 Å². The molecule has 23 heavy (non-hydrogen) atoms. The minimum absolute atomic E-state index is 0.125. The number of carbonyl (C=O) groups is 1. The fourth-order valence-electron chi connectivity index (χ4n) is 3.90. The second kappa shape index (κ2) is 7.01. The van der Waals surface area contributed by atoms with E-state index in [4.69, 9.17) is 0 Å². The highest BCUT2D eigenvalue weighted by atomic mass is 16.2. The number of amides is 1. The molecular weight excluding hydrogens is 290 g/mol. The molecule has 0 aromatic carbocycles. The molecule has 1 amide bonds. The van der Waals surface area contributed by atoms with Crippen molar-refractivity contribution in [3.63, 3.8) is 0 Å². The van der Waals surface area contributed by atoms with Crippen molar-refractivity contribution in [1.29, 1.82) is 0 Å². The average molecular weight is 319 g/mol. The Labute approximate surface area is 139 Å². The van der Waals surface area contributed by atoms with Gasteiger partial charge in [-0.05, 0) is 52.5 Å². The van der Waals surface area contributed by atoms with Crippen molar-refractivity contribution in [3.05, 3.63) is 18.0 Å². The zero-order valence-electron chi connectivity index (χ0n) is 14.6. The predicted molar refractivity (Wildman–Crippen MR) is 90.5 cm³/mol. The Bertz CT molecular complexity index is 529. The molecule has 2 saturated heterocycles. The molecule has 0 radical (unpaired) electrons. The molecule has 1 aromatic rings. The minimum atomic E-state index is 0.125. The molecule has 2 fully saturated rings. The van der Waals surface area contributed by atoms with E-state index in [1.165, 1.54) is 25.9 Å². The largest absolute Gasteiger partial charge is 0.334 e. The van der Waals surface area contributed by atoms with Gasteiger partial charge in [0.2, 0.25) is 0 Å². The molecular formula is C17H29N5O. The van der Waals surface area contributed by atoms with Crippen LogP contribution >= 0.6 is 0 Å². The first-order valence-electron chi connectivity index (χ1n) is 8.89. The Hall–Kier alpha value is -1.40. The number of aromatic nitrogens is 2. The van der Waals surface area contributed by atoms with Crippen LogP contribution in [-0.4, -0.2) is 82.2 Å². The van der Waals surface area contributed by atoms with Crippen LogP contribution in [0.3, 0.4) is 0 Å². The zero-order valence-corrected chi connectivity index (χ0v) is 14.6. The number of nitrogens with zero attached hydrogens (tertiary/aromatic N) is 5. The Balaban J connectivity index is 1.56. The van der Waals surface area contributed by atoms with Gasteiger partial charge in [0.05, 0.1) is 0 Å². The van der Waals surface area contributed by atoms with Gasteiger partial charge in [-0.25, -0.2) is 0 Å². The smallest absolute Gasteiger partial charge is 0.272 e. The molecule has 0 bridgehead atoms. The summed E-state index contributed by atoms with van der Waals surface area (Å²) in [6.45, 7) is 10.2. The van der Waals surface area contributed by atoms with E-state index in [1.54, 1.807) is 10.9 Å². The highest BCUT2D eigenvalue weighted by Crippen LogP contribution is 2.24. The lowest BCUT2D eigenvalue weighted by Gasteiger charge is -2.49. The summed E-state index contributed by atoms with van der Waals surface area (Å²) in [6.07, 6.45) is 4.21. The lowest BCUT2D eigenvalue weighted by molar-refractivity contribution is -0.000578. The number of hydrogen-bond acceptors (Lipinski definition) is 4. The third kappa shape index (κ3) is 3.28. The van der Waals surface area contributed by atoms with Crippen molar-refractivity contribution in [2.75, 3.05) is 39.8 Å². The van der Waals surface area contributed by atoms with Gasteiger partial charge < -0.3 is 9.80 Å². The normalized spacial score (nSPS) is 21.0. The maximum atomic E-state index is 12.6. The topological polar surface area (TPSA) is 44.6 Å². The quantitative estimate of drug-likeness (QED) is 0.816. The number of hydrogen-bond donors (Lipinski definition) is 0. The van der Waals surface area contributed by atoms with Crippen LogP contribution in [0, 0.1) is 0 Å². The standard InChI is InChI=1S/C17H29N5O/c1-4-21(14-7-10-19(3)11-8-14)15-12-20(13-15)17(23)16-6-9-18-22(16)5-2/h6,9,14-15H,4-5,7-8,10-13H2,1-3H3. The van der Waals surface area contributed by atoms with Crippen molar-refractivity contribution in [1.82, 2.24) is 24.5 Å². The first kappa shape index (κ1) is 16.5. The van der Waals surface area contributed by atoms with E-state index in [9.17, 15) is 4.79 Å². The van der Waals surface area contributed by atoms with Crippen molar-refractivity contribution < 1.29 is 4.79 Å². The molecule has 128 valence electrons. The molecule has 3 rings (SSSR count). The Morgan fingerprint density at radius 1 is 1.26 bits per heavy atom. The summed E-state index contributed by atoms with van der Waals surface area (Å²) in [5, 5.41) is 4.20. The first-order valence-corrected chi connectivity index (χ1v) is 8.89. The van der Waals surface area contributed by atoms with Crippen LogP contribution in [0.15, 0.2) is 12.3 Å². The second-order valence-electron chi connectivity index (χ2n) is 6.76. The molecule has 0 spiro atoms. The summed E-state index contributed by atoms with van der Waals surface area (Å²) in [6, 6.07) is 3.03. The van der Waals surface area contributed by atoms with Gasteiger partial charge in [-0.1, -0.05) is 6.92 Å². The molecule has 3 heterocycles. The number of likely N-dealkylation sites (N-methyl/N-ethyl adjacent to an activating group) is 1. The predicted octanol–water partition coefficient (Wildman–Crippen LogP) is 1.14. The Kier molecular flexibility index (Phi) is 5.02. The molecule has 2 aliphatic heterocycles. The van der Waals surface area contributed by atoms with Gasteiger partial charge in [-0.15, -0.1) is 0 Å². The van der Waals surface area contributed by atoms with Crippen LogP contribution in [0.2, 0.25) is 0 Å². The summed E-state index contributed by atoms with van der Waals surface area (Å²) in [5.41, 5.74) is 0.716. The monoisotopic (exact) mass is 319 g/mol. The van der Waals surface area contributed by atoms with Crippen molar-refractivity contribution >= 4 is 5.91 Å². The first-order chi connectivity index (χ1) is 11.1. The Morgan fingerprint density at radius 2 is 1.96 bits per heavy atom. The maximum Gasteiger partial charge on any atom is 0.272 e. The summed E-state index contributed by atoms with van der Waals surface area (Å²) in [5.74, 6) is 0.125. The van der Waals surface area contributed by atoms with Gasteiger partial charge in [-0.3, -0.25) is 14.4 Å². The molecule has 0 unspecified atom stereocenters. The fraction of sp³-hybridized carbons (Fsp3) is 0.765. The highest BCUT2D eigenvalue weighted by Gasteiger charge is 2.38. The highest BCUT2D eigenvalue weighted by molar-refractivity contribution is 5.93. The van der Waals surface area contributed by atoms with Crippen molar-refractivity contribution in [2.24, 2.45) is 0 Å². The minimum Gasteiger partial charge on any atom is -0.334 e. The molecule has 6 nitrogen and oxygen atoms in total. The van der Waals surface area contributed by atoms with Crippen LogP contribution in [0.4, 0.5) is 0 Å². The van der Waals surface area contributed by atoms with Crippen molar-refractivity contribution in [3.8, 4) is 0 Å². The van der Waals surface area contributed by atoms with E-state index in [1.807, 2.05) is 17.9 Å². The molecule has 0 aliphatic carbocycles. The van der Waals surface area contributed by atoms with Crippen LogP contribution < -0.4 is 0 Å². The van der Waals surface area contributed by atoms with Gasteiger partial charge in [0, 0.05) is 37.9 Å². The summed E-state index contributed by atoms with van der Waals surface area (Å²) >= 11 is 0. The summed E-state index contributed by atoms with van der Waals surface area (Å²) in [7, 11) is 2.20. The molecule has 0 N–H and O–H groups in total. The number of likely N-dealkylation sites (tertiary alicyclic amines) is 2. The van der Waals surface area contributed by atoms with Gasteiger partial charge in [-0.2, -0.15) is 5.10 Å². The van der Waals surface area contributed by atoms with E-state index >= 15 is 0 Å².